The van der Waals surface area contributed by atoms with Gasteiger partial charge in [-0.2, -0.15) is 8.42 Å². The maximum absolute atomic E-state index is 12.4. The molecule has 0 aliphatic carbocycles. The first-order valence-corrected chi connectivity index (χ1v) is 10.2. The molecule has 2 aliphatic heterocycles. The molecule has 2 aliphatic rings. The van der Waals surface area contributed by atoms with Crippen LogP contribution in [0.15, 0.2) is 41.3 Å². The zero-order chi connectivity index (χ0) is 19.2. The van der Waals surface area contributed by atoms with Crippen LogP contribution in [0, 0.1) is 6.92 Å². The van der Waals surface area contributed by atoms with Crippen molar-refractivity contribution in [2.24, 2.45) is 0 Å². The molecule has 0 bridgehead atoms. The number of aryl methyl sites for hydroxylation is 1. The first kappa shape index (κ1) is 17.9. The predicted octanol–water partition coefficient (Wildman–Crippen LogP) is 2.75. The topological polar surface area (TPSA) is 77.1 Å². The van der Waals surface area contributed by atoms with Gasteiger partial charge >= 0.3 is 0 Å². The van der Waals surface area contributed by atoms with Crippen LogP contribution < -0.4 is 19.7 Å². The Balaban J connectivity index is 1.49. The van der Waals surface area contributed by atoms with Crippen molar-refractivity contribution in [1.82, 2.24) is 0 Å². The normalized spacial score (nSPS) is 20.9. The van der Waals surface area contributed by atoms with Crippen LogP contribution in [0.4, 0.5) is 11.4 Å². The van der Waals surface area contributed by atoms with Gasteiger partial charge in [-0.05, 0) is 38.1 Å². The fourth-order valence-electron chi connectivity index (χ4n) is 3.17. The second kappa shape index (κ2) is 6.61. The quantitative estimate of drug-likeness (QED) is 0.805. The lowest BCUT2D eigenvalue weighted by atomic mass is 10.2. The molecular weight excluding hydrogens is 368 g/mol. The molecule has 2 heterocycles. The second-order valence-corrected chi connectivity index (χ2v) is 8.44. The Morgan fingerprint density at radius 3 is 2.70 bits per heavy atom. The molecule has 0 saturated heterocycles. The van der Waals surface area contributed by atoms with Crippen molar-refractivity contribution in [3.05, 3.63) is 42.0 Å². The van der Waals surface area contributed by atoms with Gasteiger partial charge in [0, 0.05) is 7.05 Å². The molecule has 4 rings (SSSR count). The summed E-state index contributed by atoms with van der Waals surface area (Å²) >= 11 is 0. The molecule has 1 N–H and O–H groups in total. The lowest BCUT2D eigenvalue weighted by Crippen LogP contribution is -2.35. The number of fused-ring (bicyclic) bond motifs is 3. The molecule has 2 aromatic carbocycles. The van der Waals surface area contributed by atoms with Crippen LogP contribution in [0.25, 0.3) is 0 Å². The minimum atomic E-state index is -3.84. The lowest BCUT2D eigenvalue weighted by molar-refractivity contribution is 0.0561. The van der Waals surface area contributed by atoms with Crippen molar-refractivity contribution < 1.29 is 22.1 Å². The number of ether oxygens (including phenoxy) is 2. The van der Waals surface area contributed by atoms with Crippen LogP contribution in [0.5, 0.6) is 11.5 Å². The number of rotatable bonds is 4. The Labute approximate surface area is 159 Å². The molecule has 0 amide bonds. The van der Waals surface area contributed by atoms with Crippen molar-refractivity contribution in [2.75, 3.05) is 30.5 Å². The predicted molar refractivity (Wildman–Crippen MR) is 102 cm³/mol. The maximum Gasteiger partial charge on any atom is 0.297 e. The zero-order valence-corrected chi connectivity index (χ0v) is 16.2. The first-order chi connectivity index (χ1) is 12.8. The summed E-state index contributed by atoms with van der Waals surface area (Å²) in [5.41, 5.74) is 2.85. The monoisotopic (exact) mass is 390 g/mol. The van der Waals surface area contributed by atoms with E-state index in [1.807, 2.05) is 33.0 Å². The van der Waals surface area contributed by atoms with E-state index in [4.69, 9.17) is 13.7 Å². The molecular formula is C19H22N2O5S. The number of hydrogen-bond acceptors (Lipinski definition) is 7. The highest BCUT2D eigenvalue weighted by molar-refractivity contribution is 7.86. The Hall–Kier alpha value is -2.45. The molecule has 27 heavy (non-hydrogen) atoms. The summed E-state index contributed by atoms with van der Waals surface area (Å²) in [6.07, 6.45) is -0.387. The zero-order valence-electron chi connectivity index (χ0n) is 15.4. The summed E-state index contributed by atoms with van der Waals surface area (Å²) in [5.74, 6) is 1.26. The summed E-state index contributed by atoms with van der Waals surface area (Å²) in [4.78, 5) is 2.19. The van der Waals surface area contributed by atoms with Gasteiger partial charge in [0.2, 0.25) is 0 Å². The standard InChI is InChI=1S/C19H22N2O5S/c1-12-4-6-15(7-5-12)27(22,23)25-11-14-10-24-17-9-8-16-18(19(17)26-14)21(3)13(2)20-16/h4-9,13-14,20H,10-11H2,1-3H3/t13?,14-/m1/s1. The molecule has 0 radical (unpaired) electrons. The summed E-state index contributed by atoms with van der Waals surface area (Å²) in [6.45, 7) is 4.05. The molecule has 0 fully saturated rings. The van der Waals surface area contributed by atoms with Gasteiger partial charge < -0.3 is 19.7 Å². The number of hydrogen-bond donors (Lipinski definition) is 1. The van der Waals surface area contributed by atoms with Crippen molar-refractivity contribution in [3.63, 3.8) is 0 Å². The average molecular weight is 390 g/mol. The van der Waals surface area contributed by atoms with Crippen LogP contribution >= 0.6 is 0 Å². The molecule has 1 unspecified atom stereocenters. The fraction of sp³-hybridized carbons (Fsp3) is 0.368. The highest BCUT2D eigenvalue weighted by Gasteiger charge is 2.33. The number of nitrogens with one attached hydrogen (secondary N) is 1. The summed E-state index contributed by atoms with van der Waals surface area (Å²) in [6, 6.07) is 10.4. The molecule has 0 aromatic heterocycles. The van der Waals surface area contributed by atoms with Crippen LogP contribution in [0.3, 0.4) is 0 Å². The first-order valence-electron chi connectivity index (χ1n) is 8.77. The molecule has 0 saturated carbocycles. The summed E-state index contributed by atoms with van der Waals surface area (Å²) in [5, 5.41) is 3.36. The molecule has 144 valence electrons. The van der Waals surface area contributed by atoms with Crippen molar-refractivity contribution in [1.29, 1.82) is 0 Å². The van der Waals surface area contributed by atoms with E-state index in [0.29, 0.717) is 11.5 Å². The Morgan fingerprint density at radius 1 is 1.22 bits per heavy atom. The molecule has 2 atom stereocenters. The van der Waals surface area contributed by atoms with E-state index in [-0.39, 0.29) is 24.3 Å². The van der Waals surface area contributed by atoms with Gasteiger partial charge in [0.25, 0.3) is 10.1 Å². The number of anilines is 2. The van der Waals surface area contributed by atoms with E-state index in [1.165, 1.54) is 12.1 Å². The molecule has 7 nitrogen and oxygen atoms in total. The fourth-order valence-corrected chi connectivity index (χ4v) is 4.10. The Kier molecular flexibility index (Phi) is 4.39. The Bertz CT molecular complexity index is 959. The van der Waals surface area contributed by atoms with Gasteiger partial charge in [-0.3, -0.25) is 4.18 Å². The molecule has 0 spiro atoms. The third kappa shape index (κ3) is 3.30. The van der Waals surface area contributed by atoms with E-state index in [0.717, 1.165) is 16.9 Å². The number of nitrogens with zero attached hydrogens (tertiary/aromatic N) is 1. The van der Waals surface area contributed by atoms with Gasteiger partial charge in [-0.25, -0.2) is 0 Å². The van der Waals surface area contributed by atoms with Crippen LogP contribution in [0.2, 0.25) is 0 Å². The average Bonchev–Trinajstić information content (AvgIpc) is 2.95. The van der Waals surface area contributed by atoms with Crippen molar-refractivity contribution in [2.45, 2.75) is 31.0 Å². The van der Waals surface area contributed by atoms with Crippen molar-refractivity contribution in [3.8, 4) is 11.5 Å². The highest BCUT2D eigenvalue weighted by Crippen LogP contribution is 2.48. The van der Waals surface area contributed by atoms with Crippen LogP contribution in [0.1, 0.15) is 12.5 Å². The summed E-state index contributed by atoms with van der Waals surface area (Å²) < 4.78 is 41.8. The SMILES string of the molecule is Cc1ccc(S(=O)(=O)OC[C@H]2COc3ccc4c(c3O2)N(C)C(C)N4)cc1. The number of benzene rings is 2. The third-order valence-electron chi connectivity index (χ3n) is 4.82. The minimum Gasteiger partial charge on any atom is -0.486 e. The molecule has 8 heteroatoms. The van der Waals surface area contributed by atoms with E-state index >= 15 is 0 Å². The van der Waals surface area contributed by atoms with E-state index < -0.39 is 16.2 Å². The van der Waals surface area contributed by atoms with E-state index in [9.17, 15) is 8.42 Å². The van der Waals surface area contributed by atoms with Gasteiger partial charge in [0.05, 0.1) is 16.7 Å². The van der Waals surface area contributed by atoms with E-state index in [1.54, 1.807) is 12.1 Å². The lowest BCUT2D eigenvalue weighted by Gasteiger charge is -2.29. The van der Waals surface area contributed by atoms with Gasteiger partial charge in [-0.1, -0.05) is 17.7 Å². The third-order valence-corrected chi connectivity index (χ3v) is 6.12. The van der Waals surface area contributed by atoms with Gasteiger partial charge in [-0.15, -0.1) is 0 Å². The highest BCUT2D eigenvalue weighted by atomic mass is 32.2. The summed E-state index contributed by atoms with van der Waals surface area (Å²) in [7, 11) is -1.88. The van der Waals surface area contributed by atoms with Gasteiger partial charge in [0.1, 0.15) is 18.9 Å². The van der Waals surface area contributed by atoms with Crippen LogP contribution in [-0.2, 0) is 14.3 Å². The van der Waals surface area contributed by atoms with Crippen LogP contribution in [-0.4, -0.2) is 40.9 Å². The second-order valence-electron chi connectivity index (χ2n) is 6.82. The maximum atomic E-state index is 12.4. The van der Waals surface area contributed by atoms with Crippen molar-refractivity contribution >= 4 is 21.5 Å². The van der Waals surface area contributed by atoms with Gasteiger partial charge in [0.15, 0.2) is 17.6 Å². The Morgan fingerprint density at radius 2 is 1.96 bits per heavy atom. The van der Waals surface area contributed by atoms with E-state index in [2.05, 4.69) is 10.2 Å². The molecule has 2 aromatic rings. The smallest absolute Gasteiger partial charge is 0.297 e. The largest absolute Gasteiger partial charge is 0.486 e. The minimum absolute atomic E-state index is 0.119.